The van der Waals surface area contributed by atoms with Gasteiger partial charge >= 0.3 is 0 Å². The van der Waals surface area contributed by atoms with Gasteiger partial charge in [-0.05, 0) is 12.1 Å². The largest absolute Gasteiger partial charge is 0.495 e. The van der Waals surface area contributed by atoms with Crippen LogP contribution in [0, 0.1) is 5.41 Å². The maximum absolute atomic E-state index is 12.0. The molecule has 6 nitrogen and oxygen atoms in total. The van der Waals surface area contributed by atoms with Crippen molar-refractivity contribution in [3.63, 3.8) is 0 Å². The monoisotopic (exact) mass is 328 g/mol. The number of benzene rings is 1. The molecule has 1 N–H and O–H groups in total. The van der Waals surface area contributed by atoms with Gasteiger partial charge in [0.15, 0.2) is 0 Å². The summed E-state index contributed by atoms with van der Waals surface area (Å²) in [5.41, 5.74) is -0.0575. The maximum Gasteiger partial charge on any atom is 0.232 e. The molecule has 1 aromatic rings. The molecule has 0 saturated heterocycles. The first kappa shape index (κ1) is 18.3. The third-order valence-corrected chi connectivity index (χ3v) is 4.22. The van der Waals surface area contributed by atoms with Gasteiger partial charge in [-0.2, -0.15) is 0 Å². The second-order valence-corrected chi connectivity index (χ2v) is 7.92. The van der Waals surface area contributed by atoms with E-state index in [-0.39, 0.29) is 19.0 Å². The van der Waals surface area contributed by atoms with Crippen LogP contribution in [-0.4, -0.2) is 40.8 Å². The summed E-state index contributed by atoms with van der Waals surface area (Å²) in [5, 5.41) is 2.75. The molecule has 0 aliphatic heterocycles. The molecule has 0 fully saturated rings. The van der Waals surface area contributed by atoms with Crippen LogP contribution >= 0.6 is 0 Å². The van der Waals surface area contributed by atoms with Crippen LogP contribution in [0.3, 0.4) is 0 Å². The standard InChI is InChI=1S/C15H24N2O4S/c1-15(2,3)14(18)16-10-11-17(22(5,19)20)12-8-6-7-9-13(12)21-4/h6-9H,10-11H2,1-5H3,(H,16,18). The minimum Gasteiger partial charge on any atom is -0.495 e. The fourth-order valence-corrected chi connectivity index (χ4v) is 2.77. The Bertz CT molecular complexity index is 621. The normalized spacial score (nSPS) is 11.9. The Morgan fingerprint density at radius 1 is 1.27 bits per heavy atom. The van der Waals surface area contributed by atoms with E-state index in [1.165, 1.54) is 11.4 Å². The average Bonchev–Trinajstić information content (AvgIpc) is 2.41. The lowest BCUT2D eigenvalue weighted by atomic mass is 9.96. The van der Waals surface area contributed by atoms with Crippen molar-refractivity contribution in [1.82, 2.24) is 5.32 Å². The number of hydrogen-bond acceptors (Lipinski definition) is 4. The molecule has 7 heteroatoms. The van der Waals surface area contributed by atoms with Crippen molar-refractivity contribution >= 4 is 21.6 Å². The molecule has 0 aliphatic carbocycles. The summed E-state index contributed by atoms with van der Waals surface area (Å²) in [7, 11) is -2.00. The van der Waals surface area contributed by atoms with Gasteiger partial charge in [0.1, 0.15) is 5.75 Å². The van der Waals surface area contributed by atoms with E-state index in [1.54, 1.807) is 45.0 Å². The van der Waals surface area contributed by atoms with Gasteiger partial charge in [-0.1, -0.05) is 32.9 Å². The van der Waals surface area contributed by atoms with Crippen LogP contribution in [0.1, 0.15) is 20.8 Å². The molecule has 0 spiro atoms. The highest BCUT2D eigenvalue weighted by Crippen LogP contribution is 2.29. The number of ether oxygens (including phenoxy) is 1. The Hall–Kier alpha value is -1.76. The number of sulfonamides is 1. The van der Waals surface area contributed by atoms with Gasteiger partial charge in [-0.15, -0.1) is 0 Å². The average molecular weight is 328 g/mol. The third-order valence-electron chi connectivity index (χ3n) is 3.04. The molecule has 1 rings (SSSR count). The van der Waals surface area contributed by atoms with Crippen LogP contribution < -0.4 is 14.4 Å². The van der Waals surface area contributed by atoms with E-state index in [0.29, 0.717) is 11.4 Å². The van der Waals surface area contributed by atoms with Gasteiger partial charge in [0.05, 0.1) is 25.6 Å². The Balaban J connectivity index is 2.91. The molecule has 0 bridgehead atoms. The zero-order chi connectivity index (χ0) is 17.0. The van der Waals surface area contributed by atoms with E-state index in [1.807, 2.05) is 0 Å². The third kappa shape index (κ3) is 4.91. The summed E-state index contributed by atoms with van der Waals surface area (Å²) in [5.74, 6) is 0.344. The zero-order valence-corrected chi connectivity index (χ0v) is 14.5. The molecule has 0 radical (unpaired) electrons. The molecule has 0 heterocycles. The van der Waals surface area contributed by atoms with Gasteiger partial charge in [-0.3, -0.25) is 9.10 Å². The summed E-state index contributed by atoms with van der Waals surface area (Å²) in [6, 6.07) is 6.88. The van der Waals surface area contributed by atoms with E-state index < -0.39 is 15.4 Å². The molecule has 124 valence electrons. The molecule has 1 aromatic carbocycles. The maximum atomic E-state index is 12.0. The van der Waals surface area contributed by atoms with Crippen molar-refractivity contribution in [2.45, 2.75) is 20.8 Å². The van der Waals surface area contributed by atoms with E-state index in [0.717, 1.165) is 6.26 Å². The Kier molecular flexibility index (Phi) is 5.82. The van der Waals surface area contributed by atoms with Gasteiger partial charge in [0, 0.05) is 12.0 Å². The number of carbonyl (C=O) groups is 1. The molecular weight excluding hydrogens is 304 g/mol. The fraction of sp³-hybridized carbons (Fsp3) is 0.533. The minimum absolute atomic E-state index is 0.124. The number of para-hydroxylation sites is 2. The molecule has 22 heavy (non-hydrogen) atoms. The van der Waals surface area contributed by atoms with Crippen molar-refractivity contribution in [2.75, 3.05) is 30.8 Å². The quantitative estimate of drug-likeness (QED) is 0.861. The van der Waals surface area contributed by atoms with E-state index in [4.69, 9.17) is 4.74 Å². The first-order valence-corrected chi connectivity index (χ1v) is 8.81. The number of nitrogens with one attached hydrogen (secondary N) is 1. The number of carbonyl (C=O) groups excluding carboxylic acids is 1. The molecule has 1 amide bonds. The highest BCUT2D eigenvalue weighted by Gasteiger charge is 2.23. The van der Waals surface area contributed by atoms with Crippen LogP contribution in [0.5, 0.6) is 5.75 Å². The highest BCUT2D eigenvalue weighted by molar-refractivity contribution is 7.92. The summed E-state index contributed by atoms with van der Waals surface area (Å²) in [4.78, 5) is 11.9. The Labute approximate surface area is 132 Å². The van der Waals surface area contributed by atoms with Crippen LogP contribution in [0.2, 0.25) is 0 Å². The summed E-state index contributed by atoms with van der Waals surface area (Å²) >= 11 is 0. The summed E-state index contributed by atoms with van der Waals surface area (Å²) in [6.45, 7) is 5.77. The van der Waals surface area contributed by atoms with Crippen molar-refractivity contribution in [3.05, 3.63) is 24.3 Å². The van der Waals surface area contributed by atoms with Gasteiger partial charge in [0.2, 0.25) is 15.9 Å². The lowest BCUT2D eigenvalue weighted by Gasteiger charge is -2.25. The van der Waals surface area contributed by atoms with E-state index >= 15 is 0 Å². The Morgan fingerprint density at radius 3 is 2.36 bits per heavy atom. The van der Waals surface area contributed by atoms with Crippen LogP contribution in [-0.2, 0) is 14.8 Å². The zero-order valence-electron chi connectivity index (χ0n) is 13.7. The van der Waals surface area contributed by atoms with Crippen molar-refractivity contribution in [3.8, 4) is 5.75 Å². The second kappa shape index (κ2) is 7.00. The van der Waals surface area contributed by atoms with Gasteiger partial charge in [0.25, 0.3) is 0 Å². The molecule has 0 aromatic heterocycles. The second-order valence-electron chi connectivity index (χ2n) is 6.01. The van der Waals surface area contributed by atoms with Gasteiger partial charge in [-0.25, -0.2) is 8.42 Å². The number of anilines is 1. The molecule has 0 aliphatic rings. The SMILES string of the molecule is COc1ccccc1N(CCNC(=O)C(C)(C)C)S(C)(=O)=O. The van der Waals surface area contributed by atoms with Crippen molar-refractivity contribution < 1.29 is 17.9 Å². The number of methoxy groups -OCH3 is 1. The van der Waals surface area contributed by atoms with E-state index in [9.17, 15) is 13.2 Å². The summed E-state index contributed by atoms with van der Waals surface area (Å²) in [6.07, 6.45) is 1.13. The van der Waals surface area contributed by atoms with Crippen LogP contribution in [0.25, 0.3) is 0 Å². The number of rotatable bonds is 6. The van der Waals surface area contributed by atoms with Crippen molar-refractivity contribution in [2.24, 2.45) is 5.41 Å². The summed E-state index contributed by atoms with van der Waals surface area (Å²) < 4.78 is 30.5. The van der Waals surface area contributed by atoms with Crippen LogP contribution in [0.4, 0.5) is 5.69 Å². The molecule has 0 unspecified atom stereocenters. The fourth-order valence-electron chi connectivity index (χ4n) is 1.84. The lowest BCUT2D eigenvalue weighted by molar-refractivity contribution is -0.128. The van der Waals surface area contributed by atoms with Gasteiger partial charge < -0.3 is 10.1 Å². The first-order chi connectivity index (χ1) is 10.1. The predicted octanol–water partition coefficient (Wildman–Crippen LogP) is 1.62. The number of hydrogen-bond donors (Lipinski definition) is 1. The topological polar surface area (TPSA) is 75.7 Å². The molecular formula is C15H24N2O4S. The minimum atomic E-state index is -3.48. The highest BCUT2D eigenvalue weighted by atomic mass is 32.2. The lowest BCUT2D eigenvalue weighted by Crippen LogP contribution is -2.41. The molecule has 0 atom stereocenters. The van der Waals surface area contributed by atoms with E-state index in [2.05, 4.69) is 5.32 Å². The Morgan fingerprint density at radius 2 is 1.86 bits per heavy atom. The number of amides is 1. The smallest absolute Gasteiger partial charge is 0.232 e. The predicted molar refractivity (Wildman–Crippen MR) is 87.6 cm³/mol. The van der Waals surface area contributed by atoms with Crippen molar-refractivity contribution in [1.29, 1.82) is 0 Å². The number of nitrogens with zero attached hydrogens (tertiary/aromatic N) is 1. The first-order valence-electron chi connectivity index (χ1n) is 6.96. The van der Waals surface area contributed by atoms with Crippen LogP contribution in [0.15, 0.2) is 24.3 Å². The molecule has 0 saturated carbocycles.